The quantitative estimate of drug-likeness (QED) is 0.823. The highest BCUT2D eigenvalue weighted by molar-refractivity contribution is 5.85. The molecule has 0 bridgehead atoms. The molecule has 0 N–H and O–H groups in total. The number of ether oxygens (including phenoxy) is 1. The first-order valence-corrected chi connectivity index (χ1v) is 9.79. The Balaban J connectivity index is 1.52. The van der Waals surface area contributed by atoms with Crippen molar-refractivity contribution in [1.82, 2.24) is 19.4 Å². The Morgan fingerprint density at radius 3 is 2.65 bits per heavy atom. The third-order valence-corrected chi connectivity index (χ3v) is 5.70. The third kappa shape index (κ3) is 3.01. The van der Waals surface area contributed by atoms with Crippen LogP contribution in [-0.2, 0) is 16.0 Å². The minimum absolute atomic E-state index is 0.164. The van der Waals surface area contributed by atoms with E-state index in [1.165, 1.54) is 0 Å². The molecule has 2 saturated heterocycles. The molecular formula is C20H28N4O2. The summed E-state index contributed by atoms with van der Waals surface area (Å²) in [7, 11) is 0. The number of aryl methyl sites for hydroxylation is 1. The minimum atomic E-state index is -0.164. The molecule has 2 fully saturated rings. The molecule has 140 valence electrons. The summed E-state index contributed by atoms with van der Waals surface area (Å²) in [5.74, 6) is 1.23. The number of benzene rings is 1. The van der Waals surface area contributed by atoms with Gasteiger partial charge in [0.05, 0.1) is 24.2 Å². The molecule has 0 aliphatic carbocycles. The Kier molecular flexibility index (Phi) is 4.96. The van der Waals surface area contributed by atoms with Gasteiger partial charge in [0.1, 0.15) is 11.9 Å². The van der Waals surface area contributed by atoms with Crippen LogP contribution < -0.4 is 0 Å². The molecule has 0 spiro atoms. The molecule has 1 atom stereocenters. The number of nitrogens with zero attached hydrogens (tertiary/aromatic N) is 4. The van der Waals surface area contributed by atoms with E-state index >= 15 is 0 Å². The van der Waals surface area contributed by atoms with Crippen LogP contribution in [0.15, 0.2) is 24.3 Å². The first kappa shape index (κ1) is 17.5. The van der Waals surface area contributed by atoms with Crippen molar-refractivity contribution in [3.63, 3.8) is 0 Å². The maximum atomic E-state index is 13.2. The molecule has 6 nitrogen and oxygen atoms in total. The van der Waals surface area contributed by atoms with E-state index in [0.29, 0.717) is 6.04 Å². The molecule has 4 rings (SSSR count). The van der Waals surface area contributed by atoms with Crippen LogP contribution in [0.2, 0.25) is 0 Å². The second-order valence-corrected chi connectivity index (χ2v) is 7.21. The molecule has 1 unspecified atom stereocenters. The maximum absolute atomic E-state index is 13.2. The van der Waals surface area contributed by atoms with Crippen molar-refractivity contribution in [2.24, 2.45) is 0 Å². The topological polar surface area (TPSA) is 50.6 Å². The number of imidazole rings is 1. The van der Waals surface area contributed by atoms with E-state index in [2.05, 4.69) is 29.4 Å². The van der Waals surface area contributed by atoms with Crippen LogP contribution in [0.3, 0.4) is 0 Å². The monoisotopic (exact) mass is 356 g/mol. The number of para-hydroxylation sites is 2. The van der Waals surface area contributed by atoms with Crippen molar-refractivity contribution in [2.75, 3.05) is 39.4 Å². The molecule has 6 heteroatoms. The van der Waals surface area contributed by atoms with Gasteiger partial charge in [-0.05, 0) is 18.6 Å². The second kappa shape index (κ2) is 7.37. The van der Waals surface area contributed by atoms with Crippen LogP contribution in [0.25, 0.3) is 11.0 Å². The molecule has 2 aliphatic rings. The van der Waals surface area contributed by atoms with Gasteiger partial charge in [-0.1, -0.05) is 26.0 Å². The summed E-state index contributed by atoms with van der Waals surface area (Å²) in [5, 5.41) is 0. The second-order valence-electron chi connectivity index (χ2n) is 7.21. The average Bonchev–Trinajstić information content (AvgIpc) is 3.01. The van der Waals surface area contributed by atoms with Crippen LogP contribution in [0.1, 0.15) is 32.1 Å². The van der Waals surface area contributed by atoms with E-state index in [-0.39, 0.29) is 11.9 Å². The van der Waals surface area contributed by atoms with E-state index in [1.807, 2.05) is 23.1 Å². The van der Waals surface area contributed by atoms with Gasteiger partial charge in [-0.3, -0.25) is 9.69 Å². The predicted octanol–water partition coefficient (Wildman–Crippen LogP) is 2.09. The molecule has 2 aliphatic heterocycles. The number of likely N-dealkylation sites (tertiary alicyclic amines) is 1. The van der Waals surface area contributed by atoms with Crippen LogP contribution >= 0.6 is 0 Å². The predicted molar refractivity (Wildman–Crippen MR) is 101 cm³/mol. The number of carbonyl (C=O) groups excluding carboxylic acids is 1. The van der Waals surface area contributed by atoms with Crippen molar-refractivity contribution in [1.29, 1.82) is 0 Å². The van der Waals surface area contributed by atoms with Crippen molar-refractivity contribution >= 4 is 16.9 Å². The lowest BCUT2D eigenvalue weighted by atomic mass is 10.0. The number of hydrogen-bond acceptors (Lipinski definition) is 4. The largest absolute Gasteiger partial charge is 0.379 e. The summed E-state index contributed by atoms with van der Waals surface area (Å²) in [6, 6.07) is 8.46. The van der Waals surface area contributed by atoms with Crippen molar-refractivity contribution in [2.45, 2.75) is 38.8 Å². The maximum Gasteiger partial charge on any atom is 0.245 e. The highest BCUT2D eigenvalue weighted by atomic mass is 16.5. The van der Waals surface area contributed by atoms with Gasteiger partial charge in [0.25, 0.3) is 0 Å². The number of morpholine rings is 1. The Labute approximate surface area is 154 Å². The molecule has 0 saturated carbocycles. The summed E-state index contributed by atoms with van der Waals surface area (Å²) in [6.45, 7) is 9.45. The Hall–Kier alpha value is -1.92. The molecule has 26 heavy (non-hydrogen) atoms. The fourth-order valence-corrected chi connectivity index (χ4v) is 4.18. The number of amides is 1. The lowest BCUT2D eigenvalue weighted by Gasteiger charge is -2.47. The number of aromatic nitrogens is 2. The highest BCUT2D eigenvalue weighted by Gasteiger charge is 2.38. The summed E-state index contributed by atoms with van der Waals surface area (Å²) >= 11 is 0. The molecule has 3 heterocycles. The van der Waals surface area contributed by atoms with E-state index < -0.39 is 0 Å². The first-order chi connectivity index (χ1) is 12.7. The fraction of sp³-hybridized carbons (Fsp3) is 0.600. The molecule has 1 aromatic heterocycles. The molecule has 0 radical (unpaired) electrons. The molecule has 1 amide bonds. The van der Waals surface area contributed by atoms with E-state index in [9.17, 15) is 4.79 Å². The van der Waals surface area contributed by atoms with Gasteiger partial charge in [-0.15, -0.1) is 0 Å². The molecule has 2 aromatic rings. The zero-order valence-corrected chi connectivity index (χ0v) is 15.7. The van der Waals surface area contributed by atoms with Gasteiger partial charge in [0.15, 0.2) is 0 Å². The zero-order valence-electron chi connectivity index (χ0n) is 15.7. The third-order valence-electron chi connectivity index (χ3n) is 5.70. The molecular weight excluding hydrogens is 328 g/mol. The van der Waals surface area contributed by atoms with Gasteiger partial charge in [0, 0.05) is 38.6 Å². The summed E-state index contributed by atoms with van der Waals surface area (Å²) in [5.41, 5.74) is 2.04. The molecule has 1 aromatic carbocycles. The number of carbonyl (C=O) groups is 1. The first-order valence-electron chi connectivity index (χ1n) is 9.79. The van der Waals surface area contributed by atoms with Gasteiger partial charge in [-0.25, -0.2) is 4.98 Å². The van der Waals surface area contributed by atoms with Crippen molar-refractivity contribution < 1.29 is 9.53 Å². The van der Waals surface area contributed by atoms with Gasteiger partial charge >= 0.3 is 0 Å². The van der Waals surface area contributed by atoms with Crippen LogP contribution in [-0.4, -0.2) is 70.7 Å². The zero-order chi connectivity index (χ0) is 18.1. The SMILES string of the molecule is CCc1nc2ccccc2n1C(CC)C(=O)N1CC(N2CCOCC2)C1. The van der Waals surface area contributed by atoms with Crippen LogP contribution in [0.4, 0.5) is 0 Å². The van der Waals surface area contributed by atoms with Crippen molar-refractivity contribution in [3.05, 3.63) is 30.1 Å². The standard InChI is InChI=1S/C20H28N4O2/c1-3-17(24-18-8-6-5-7-16(18)21-19(24)4-2)20(25)23-13-15(14-23)22-9-11-26-12-10-22/h5-8,15,17H,3-4,9-14H2,1-2H3. The Bertz CT molecular complexity index is 775. The summed E-state index contributed by atoms with van der Waals surface area (Å²) in [4.78, 5) is 22.4. The Morgan fingerprint density at radius 2 is 1.96 bits per heavy atom. The van der Waals surface area contributed by atoms with Gasteiger partial charge in [0.2, 0.25) is 5.91 Å². The van der Waals surface area contributed by atoms with Gasteiger partial charge < -0.3 is 14.2 Å². The normalized spacial score (nSPS) is 20.3. The number of rotatable bonds is 5. The van der Waals surface area contributed by atoms with Crippen LogP contribution in [0.5, 0.6) is 0 Å². The van der Waals surface area contributed by atoms with Gasteiger partial charge in [-0.2, -0.15) is 0 Å². The number of fused-ring (bicyclic) bond motifs is 1. The summed E-state index contributed by atoms with van der Waals surface area (Å²) < 4.78 is 7.60. The van der Waals surface area contributed by atoms with E-state index in [1.54, 1.807) is 0 Å². The lowest BCUT2D eigenvalue weighted by Crippen LogP contribution is -2.63. The minimum Gasteiger partial charge on any atom is -0.379 e. The van der Waals surface area contributed by atoms with Crippen LogP contribution in [0, 0.1) is 0 Å². The highest BCUT2D eigenvalue weighted by Crippen LogP contribution is 2.28. The van der Waals surface area contributed by atoms with E-state index in [0.717, 1.165) is 69.1 Å². The smallest absolute Gasteiger partial charge is 0.245 e. The van der Waals surface area contributed by atoms with E-state index in [4.69, 9.17) is 9.72 Å². The van der Waals surface area contributed by atoms with Crippen molar-refractivity contribution in [3.8, 4) is 0 Å². The fourth-order valence-electron chi connectivity index (χ4n) is 4.18. The lowest BCUT2D eigenvalue weighted by molar-refractivity contribution is -0.143. The summed E-state index contributed by atoms with van der Waals surface area (Å²) in [6.07, 6.45) is 1.61. The Morgan fingerprint density at radius 1 is 1.23 bits per heavy atom. The number of hydrogen-bond donors (Lipinski definition) is 0. The average molecular weight is 356 g/mol.